The van der Waals surface area contributed by atoms with Crippen LogP contribution in [0.4, 0.5) is 8.78 Å². The summed E-state index contributed by atoms with van der Waals surface area (Å²) in [6.45, 7) is 5.31. The van der Waals surface area contributed by atoms with Crippen molar-refractivity contribution in [2.75, 3.05) is 6.54 Å². The van der Waals surface area contributed by atoms with E-state index >= 15 is 0 Å². The number of carbonyl (C=O) groups is 5. The Bertz CT molecular complexity index is 2210. The Hall–Kier alpha value is -5.47. The molecule has 0 heterocycles. The molecule has 0 radical (unpaired) electrons. The zero-order valence-electron chi connectivity index (χ0n) is 34.6. The van der Waals surface area contributed by atoms with E-state index < -0.39 is 72.4 Å². The summed E-state index contributed by atoms with van der Waals surface area (Å²) in [6, 6.07) is 23.9. The molecule has 4 amide bonds. The van der Waals surface area contributed by atoms with Crippen LogP contribution in [0.5, 0.6) is 5.75 Å². The molecule has 0 aromatic heterocycles. The number of alkyl halides is 2. The molecule has 7 N–H and O–H groups in total. The molecule has 0 saturated heterocycles. The van der Waals surface area contributed by atoms with Gasteiger partial charge in [0.05, 0.1) is 6.04 Å². The van der Waals surface area contributed by atoms with E-state index in [1.54, 1.807) is 66.7 Å². The van der Waals surface area contributed by atoms with Crippen LogP contribution in [0.25, 0.3) is 0 Å². The van der Waals surface area contributed by atoms with Gasteiger partial charge in [-0.15, -0.1) is 0 Å². The van der Waals surface area contributed by atoms with Crippen LogP contribution in [0.1, 0.15) is 79.1 Å². The maximum absolute atomic E-state index is 14.5. The molecule has 4 aromatic rings. The number of Topliss-reactive ketones (excluding diaryl/α,β-unsaturated/α-hetero) is 1. The first-order chi connectivity index (χ1) is 29.2. The lowest BCUT2D eigenvalue weighted by molar-refractivity contribution is -0.138. The number of primary amides is 1. The monoisotopic (exact) mass is 896 g/mol. The lowest BCUT2D eigenvalue weighted by Gasteiger charge is -2.29. The number of benzene rings is 4. The number of halogens is 3. The van der Waals surface area contributed by atoms with Gasteiger partial charge in [0.2, 0.25) is 11.8 Å². The molecule has 17 heteroatoms. The predicted molar refractivity (Wildman–Crippen MR) is 231 cm³/mol. The van der Waals surface area contributed by atoms with Gasteiger partial charge >= 0.3 is 13.3 Å². The number of ether oxygens (including phenoxy) is 1. The number of hydrogen-bond donors (Lipinski definition) is 6. The van der Waals surface area contributed by atoms with E-state index in [-0.39, 0.29) is 37.3 Å². The highest BCUT2D eigenvalue weighted by Gasteiger charge is 2.50. The number of aryl methyl sites for hydroxylation is 1. The van der Waals surface area contributed by atoms with Gasteiger partial charge in [0.15, 0.2) is 11.4 Å². The largest absolute Gasteiger partial charge is 0.478 e. The Morgan fingerprint density at radius 1 is 0.790 bits per heavy atom. The molecule has 4 aromatic carbocycles. The van der Waals surface area contributed by atoms with Crippen molar-refractivity contribution in [3.05, 3.63) is 136 Å². The fourth-order valence-electron chi connectivity index (χ4n) is 6.45. The molecule has 0 aliphatic carbocycles. The lowest BCUT2D eigenvalue weighted by atomic mass is 9.88. The van der Waals surface area contributed by atoms with Crippen LogP contribution in [0.15, 0.2) is 103 Å². The smallest absolute Gasteiger partial charge is 0.399 e. The SMILES string of the molecule is CCc1ccc(C(=O)NCCCCC(NC(=O)C(CC(=O)C(Cc2ccccc2)NC(=O)C(C)(C)Oc2ccc(Cl)cc2)Cc2ccc(C(F)(F)P(=O)(O)O)cc2)C(N)=O)cc1. The van der Waals surface area contributed by atoms with Crippen molar-refractivity contribution in [2.24, 2.45) is 11.7 Å². The zero-order chi connectivity index (χ0) is 45.7. The number of rotatable bonds is 23. The van der Waals surface area contributed by atoms with E-state index in [1.807, 2.05) is 19.1 Å². The molecule has 332 valence electrons. The Morgan fingerprint density at radius 2 is 1.39 bits per heavy atom. The van der Waals surface area contributed by atoms with Crippen molar-refractivity contribution < 1.29 is 51.8 Å². The van der Waals surface area contributed by atoms with Crippen LogP contribution >= 0.6 is 19.2 Å². The summed E-state index contributed by atoms with van der Waals surface area (Å²) in [5.74, 6) is -4.03. The van der Waals surface area contributed by atoms with Gasteiger partial charge in [0, 0.05) is 35.0 Å². The fourth-order valence-corrected chi connectivity index (χ4v) is 7.06. The van der Waals surface area contributed by atoms with Gasteiger partial charge in [-0.1, -0.05) is 85.3 Å². The third kappa shape index (κ3) is 14.3. The summed E-state index contributed by atoms with van der Waals surface area (Å²) in [4.78, 5) is 85.7. The summed E-state index contributed by atoms with van der Waals surface area (Å²) in [5, 5.41) is 8.68. The van der Waals surface area contributed by atoms with Crippen LogP contribution in [0.2, 0.25) is 5.02 Å². The quantitative estimate of drug-likeness (QED) is 0.0358. The second-order valence-electron chi connectivity index (χ2n) is 15.4. The zero-order valence-corrected chi connectivity index (χ0v) is 36.3. The summed E-state index contributed by atoms with van der Waals surface area (Å²) in [5.41, 5.74) is 1.28. The molecule has 0 aliphatic rings. The van der Waals surface area contributed by atoms with Crippen LogP contribution in [0, 0.1) is 5.92 Å². The van der Waals surface area contributed by atoms with Crippen LogP contribution < -0.4 is 26.4 Å². The van der Waals surface area contributed by atoms with Crippen LogP contribution in [0.3, 0.4) is 0 Å². The maximum Gasteiger partial charge on any atom is 0.399 e. The first kappa shape index (κ1) is 49.2. The van der Waals surface area contributed by atoms with Crippen molar-refractivity contribution in [3.63, 3.8) is 0 Å². The number of ketones is 1. The Labute approximate surface area is 364 Å². The van der Waals surface area contributed by atoms with Gasteiger partial charge in [-0.3, -0.25) is 28.5 Å². The first-order valence-corrected chi connectivity index (χ1v) is 22.0. The third-order valence-corrected chi connectivity index (χ3v) is 11.4. The highest BCUT2D eigenvalue weighted by Crippen LogP contribution is 2.59. The van der Waals surface area contributed by atoms with Gasteiger partial charge < -0.3 is 36.2 Å². The van der Waals surface area contributed by atoms with E-state index in [4.69, 9.17) is 22.1 Å². The van der Waals surface area contributed by atoms with Gasteiger partial charge in [-0.25, -0.2) is 0 Å². The standard InChI is InChI=1S/C45H52ClF2N4O9P/c1-4-29-13-17-32(18-14-29)41(55)50-25-9-8-12-37(40(49)54)51-42(56)33(26-31-15-19-34(20-16-31)45(47,48)62(58,59)60)28-39(53)38(27-30-10-6-5-7-11-30)52-43(57)44(2,3)61-36-23-21-35(46)22-24-36/h5-7,10-11,13-24,33,37-38H,4,8-9,12,25-28H2,1-3H3,(H2,49,54)(H,50,55)(H,51,56)(H,52,57)(H2,58,59,60). The number of nitrogens with two attached hydrogens (primary N) is 1. The Kier molecular flexibility index (Phi) is 17.5. The number of nitrogens with one attached hydrogen (secondary N) is 3. The van der Waals surface area contributed by atoms with E-state index in [0.29, 0.717) is 34.7 Å². The minimum absolute atomic E-state index is 0.0213. The second-order valence-corrected chi connectivity index (χ2v) is 17.5. The minimum Gasteiger partial charge on any atom is -0.478 e. The average Bonchev–Trinajstić information content (AvgIpc) is 3.23. The first-order valence-electron chi connectivity index (χ1n) is 20.0. The van der Waals surface area contributed by atoms with Crippen molar-refractivity contribution in [2.45, 2.75) is 89.1 Å². The highest BCUT2D eigenvalue weighted by atomic mass is 35.5. The molecule has 3 unspecified atom stereocenters. The molecule has 4 rings (SSSR count). The summed E-state index contributed by atoms with van der Waals surface area (Å²) >= 11 is 6.00. The number of carbonyl (C=O) groups excluding carboxylic acids is 5. The van der Waals surface area contributed by atoms with Gasteiger partial charge in [-0.2, -0.15) is 8.78 Å². The minimum atomic E-state index is -5.87. The molecule has 62 heavy (non-hydrogen) atoms. The molecule has 0 fully saturated rings. The molecule has 0 saturated carbocycles. The normalized spacial score (nSPS) is 13.3. The van der Waals surface area contributed by atoms with Gasteiger partial charge in [-0.05, 0) is 105 Å². The third-order valence-electron chi connectivity index (χ3n) is 10.2. The molecule has 0 bridgehead atoms. The van der Waals surface area contributed by atoms with E-state index in [9.17, 15) is 47.1 Å². The van der Waals surface area contributed by atoms with Crippen molar-refractivity contribution in [1.29, 1.82) is 0 Å². The van der Waals surface area contributed by atoms with Gasteiger partial charge in [0.1, 0.15) is 11.8 Å². The average molecular weight is 897 g/mol. The summed E-state index contributed by atoms with van der Waals surface area (Å²) < 4.78 is 46.4. The number of amides is 4. The molecule has 13 nitrogen and oxygen atoms in total. The maximum atomic E-state index is 14.5. The van der Waals surface area contributed by atoms with Crippen LogP contribution in [-0.4, -0.2) is 63.4 Å². The number of hydrogen-bond acceptors (Lipinski definition) is 7. The van der Waals surface area contributed by atoms with Crippen molar-refractivity contribution >= 4 is 48.6 Å². The topological polar surface area (TPSA) is 214 Å². The van der Waals surface area contributed by atoms with E-state index in [0.717, 1.165) is 36.2 Å². The van der Waals surface area contributed by atoms with Crippen LogP contribution in [-0.2, 0) is 48.7 Å². The summed E-state index contributed by atoms with van der Waals surface area (Å²) in [7, 11) is -5.87. The second kappa shape index (κ2) is 22.1. The Morgan fingerprint density at radius 3 is 1.97 bits per heavy atom. The molecule has 0 aliphatic heterocycles. The summed E-state index contributed by atoms with van der Waals surface area (Å²) in [6.07, 6.45) is 0.997. The molecule has 0 spiro atoms. The predicted octanol–water partition coefficient (Wildman–Crippen LogP) is 6.40. The highest BCUT2D eigenvalue weighted by molar-refractivity contribution is 7.52. The van der Waals surface area contributed by atoms with E-state index in [1.165, 1.54) is 13.8 Å². The van der Waals surface area contributed by atoms with Crippen molar-refractivity contribution in [1.82, 2.24) is 16.0 Å². The Balaban J connectivity index is 1.54. The molecular weight excluding hydrogens is 845 g/mol. The fraction of sp³-hybridized carbons (Fsp3) is 0.356. The van der Waals surface area contributed by atoms with Gasteiger partial charge in [0.25, 0.3) is 11.8 Å². The van der Waals surface area contributed by atoms with Crippen molar-refractivity contribution in [3.8, 4) is 5.75 Å². The molecular formula is C45H52ClF2N4O9P. The number of unbranched alkanes of at least 4 members (excludes halogenated alkanes) is 1. The lowest BCUT2D eigenvalue weighted by Crippen LogP contribution is -2.53. The van der Waals surface area contributed by atoms with E-state index in [2.05, 4.69) is 16.0 Å². The molecule has 3 atom stereocenters.